The van der Waals surface area contributed by atoms with Gasteiger partial charge in [0.1, 0.15) is 0 Å². The van der Waals surface area contributed by atoms with Gasteiger partial charge in [0.05, 0.1) is 5.92 Å². The minimum atomic E-state index is 0.169. The van der Waals surface area contributed by atoms with Gasteiger partial charge in [0.15, 0.2) is 5.82 Å². The van der Waals surface area contributed by atoms with Crippen LogP contribution < -0.4 is 5.32 Å². The Morgan fingerprint density at radius 1 is 1.22 bits per heavy atom. The zero-order chi connectivity index (χ0) is 16.6. The van der Waals surface area contributed by atoms with E-state index >= 15 is 0 Å². The number of aryl methyl sites for hydroxylation is 2. The average Bonchev–Trinajstić information content (AvgIpc) is 3.12. The summed E-state index contributed by atoms with van der Waals surface area (Å²) >= 11 is 0. The van der Waals surface area contributed by atoms with Crippen LogP contribution in [0.4, 0.5) is 0 Å². The van der Waals surface area contributed by atoms with Gasteiger partial charge in [-0.05, 0) is 54.5 Å². The van der Waals surface area contributed by atoms with Gasteiger partial charge in [-0.15, -0.1) is 0 Å². The van der Waals surface area contributed by atoms with Gasteiger partial charge in [0, 0.05) is 13.0 Å². The van der Waals surface area contributed by atoms with E-state index in [4.69, 9.17) is 4.52 Å². The highest BCUT2D eigenvalue weighted by Crippen LogP contribution is 2.28. The summed E-state index contributed by atoms with van der Waals surface area (Å²) in [7, 11) is 0. The third-order valence-corrected chi connectivity index (χ3v) is 4.79. The smallest absolute Gasteiger partial charge is 0.231 e. The van der Waals surface area contributed by atoms with E-state index in [1.807, 2.05) is 0 Å². The topological polar surface area (TPSA) is 51.0 Å². The van der Waals surface area contributed by atoms with Gasteiger partial charge in [-0.2, -0.15) is 4.98 Å². The summed E-state index contributed by atoms with van der Waals surface area (Å²) in [5.41, 5.74) is 5.48. The molecule has 124 valence electrons. The molecular formula is C19H27N3O. The molecule has 1 aliphatic rings. The highest BCUT2D eigenvalue weighted by atomic mass is 16.5. The van der Waals surface area contributed by atoms with Crippen LogP contribution in [0.1, 0.15) is 67.1 Å². The molecule has 3 rings (SSSR count). The lowest BCUT2D eigenvalue weighted by atomic mass is 9.83. The molecule has 0 aliphatic carbocycles. The average molecular weight is 313 g/mol. The molecule has 1 aromatic carbocycles. The molecule has 0 amide bonds. The van der Waals surface area contributed by atoms with E-state index in [1.54, 1.807) is 0 Å². The van der Waals surface area contributed by atoms with Crippen molar-refractivity contribution in [3.05, 3.63) is 46.1 Å². The molecule has 0 saturated carbocycles. The molecule has 4 nitrogen and oxygen atoms in total. The Hall–Kier alpha value is -1.68. The van der Waals surface area contributed by atoms with E-state index < -0.39 is 0 Å². The molecule has 1 aromatic heterocycles. The van der Waals surface area contributed by atoms with Gasteiger partial charge in [-0.25, -0.2) is 0 Å². The fraction of sp³-hybridized carbons (Fsp3) is 0.579. The summed E-state index contributed by atoms with van der Waals surface area (Å²) in [4.78, 5) is 4.62. The van der Waals surface area contributed by atoms with E-state index in [9.17, 15) is 0 Å². The van der Waals surface area contributed by atoms with Crippen LogP contribution in [0.15, 0.2) is 16.7 Å². The number of benzene rings is 1. The van der Waals surface area contributed by atoms with Crippen LogP contribution in [0.5, 0.6) is 0 Å². The molecule has 1 atom stereocenters. The highest BCUT2D eigenvalue weighted by molar-refractivity contribution is 5.41. The molecule has 4 heteroatoms. The molecule has 0 spiro atoms. The number of nitrogens with one attached hydrogen (secondary N) is 1. The van der Waals surface area contributed by atoms with Crippen molar-refractivity contribution < 1.29 is 4.52 Å². The molecular weight excluding hydrogens is 286 g/mol. The Labute approximate surface area is 138 Å². The second-order valence-electron chi connectivity index (χ2n) is 7.75. The van der Waals surface area contributed by atoms with Gasteiger partial charge in [-0.3, -0.25) is 0 Å². The number of rotatable bonds is 3. The van der Waals surface area contributed by atoms with Crippen molar-refractivity contribution in [1.82, 2.24) is 15.5 Å². The van der Waals surface area contributed by atoms with Crippen molar-refractivity contribution in [3.8, 4) is 0 Å². The lowest BCUT2D eigenvalue weighted by Crippen LogP contribution is -2.12. The number of aromatic nitrogens is 2. The maximum Gasteiger partial charge on any atom is 0.231 e. The standard InChI is InChI=1S/C19H27N3O/c1-12-8-15(19(3,4)5)9-13(2)16(12)10-17-21-18(23-22-17)14-6-7-20-11-14/h8-9,14,20H,6-7,10-11H2,1-5H3/t14-/m0/s1. The Kier molecular flexibility index (Phi) is 4.28. The maximum atomic E-state index is 5.48. The van der Waals surface area contributed by atoms with Crippen molar-refractivity contribution in [2.24, 2.45) is 0 Å². The molecule has 2 heterocycles. The van der Waals surface area contributed by atoms with Crippen LogP contribution >= 0.6 is 0 Å². The van der Waals surface area contributed by atoms with Crippen LogP contribution in [0.3, 0.4) is 0 Å². The second-order valence-corrected chi connectivity index (χ2v) is 7.75. The van der Waals surface area contributed by atoms with E-state index in [-0.39, 0.29) is 5.41 Å². The Balaban J connectivity index is 1.83. The molecule has 1 N–H and O–H groups in total. The molecule has 0 radical (unpaired) electrons. The molecule has 1 fully saturated rings. The fourth-order valence-electron chi connectivity index (χ4n) is 3.23. The van der Waals surface area contributed by atoms with E-state index in [0.717, 1.165) is 37.6 Å². The quantitative estimate of drug-likeness (QED) is 0.939. The van der Waals surface area contributed by atoms with Gasteiger partial charge >= 0.3 is 0 Å². The first kappa shape index (κ1) is 16.2. The lowest BCUT2D eigenvalue weighted by Gasteiger charge is -2.22. The summed E-state index contributed by atoms with van der Waals surface area (Å²) in [5.74, 6) is 1.95. The first-order valence-corrected chi connectivity index (χ1v) is 8.48. The second kappa shape index (κ2) is 6.08. The van der Waals surface area contributed by atoms with Gasteiger partial charge in [0.2, 0.25) is 5.89 Å². The summed E-state index contributed by atoms with van der Waals surface area (Å²) in [6, 6.07) is 4.59. The van der Waals surface area contributed by atoms with Crippen molar-refractivity contribution in [1.29, 1.82) is 0 Å². The predicted molar refractivity (Wildman–Crippen MR) is 91.9 cm³/mol. The number of hydrogen-bond acceptors (Lipinski definition) is 4. The maximum absolute atomic E-state index is 5.48. The molecule has 2 aromatic rings. The van der Waals surface area contributed by atoms with Crippen LogP contribution in [0.25, 0.3) is 0 Å². The first-order chi connectivity index (χ1) is 10.8. The van der Waals surface area contributed by atoms with E-state index in [0.29, 0.717) is 5.92 Å². The van der Waals surface area contributed by atoms with Gasteiger partial charge in [-0.1, -0.05) is 38.1 Å². The zero-order valence-electron chi connectivity index (χ0n) is 14.9. The van der Waals surface area contributed by atoms with Gasteiger partial charge in [0.25, 0.3) is 0 Å². The van der Waals surface area contributed by atoms with Crippen molar-refractivity contribution >= 4 is 0 Å². The first-order valence-electron chi connectivity index (χ1n) is 8.48. The number of nitrogens with zero attached hydrogens (tertiary/aromatic N) is 2. The Morgan fingerprint density at radius 3 is 2.48 bits per heavy atom. The molecule has 0 bridgehead atoms. The Morgan fingerprint density at radius 2 is 1.91 bits per heavy atom. The minimum Gasteiger partial charge on any atom is -0.339 e. The lowest BCUT2D eigenvalue weighted by molar-refractivity contribution is 0.355. The van der Waals surface area contributed by atoms with Crippen LogP contribution in [0.2, 0.25) is 0 Å². The largest absolute Gasteiger partial charge is 0.339 e. The van der Waals surface area contributed by atoms with Gasteiger partial charge < -0.3 is 9.84 Å². The van der Waals surface area contributed by atoms with Crippen LogP contribution in [-0.2, 0) is 11.8 Å². The zero-order valence-corrected chi connectivity index (χ0v) is 14.9. The third kappa shape index (κ3) is 3.47. The Bertz CT molecular complexity index is 668. The van der Waals surface area contributed by atoms with Crippen LogP contribution in [-0.4, -0.2) is 23.2 Å². The highest BCUT2D eigenvalue weighted by Gasteiger charge is 2.23. The van der Waals surface area contributed by atoms with E-state index in [2.05, 4.69) is 62.2 Å². The molecule has 0 unspecified atom stereocenters. The molecule has 1 aliphatic heterocycles. The summed E-state index contributed by atoms with van der Waals surface area (Å²) in [6.07, 6.45) is 1.83. The molecule has 23 heavy (non-hydrogen) atoms. The fourth-order valence-corrected chi connectivity index (χ4v) is 3.23. The minimum absolute atomic E-state index is 0.169. The molecule has 1 saturated heterocycles. The van der Waals surface area contributed by atoms with Crippen LogP contribution in [0, 0.1) is 13.8 Å². The monoisotopic (exact) mass is 313 g/mol. The summed E-state index contributed by atoms with van der Waals surface area (Å²) in [5, 5.41) is 7.54. The third-order valence-electron chi connectivity index (χ3n) is 4.79. The predicted octanol–water partition coefficient (Wildman–Crippen LogP) is 3.65. The summed E-state index contributed by atoms with van der Waals surface area (Å²) in [6.45, 7) is 13.1. The SMILES string of the molecule is Cc1cc(C(C)(C)C)cc(C)c1Cc1noc([C@H]2CCNC2)n1. The van der Waals surface area contributed by atoms with Crippen molar-refractivity contribution in [3.63, 3.8) is 0 Å². The van der Waals surface area contributed by atoms with Crippen molar-refractivity contribution in [2.75, 3.05) is 13.1 Å². The normalized spacial score (nSPS) is 18.6. The van der Waals surface area contributed by atoms with E-state index in [1.165, 1.54) is 22.3 Å². The number of hydrogen-bond donors (Lipinski definition) is 1. The van der Waals surface area contributed by atoms with Crippen molar-refractivity contribution in [2.45, 2.75) is 58.8 Å². The summed E-state index contributed by atoms with van der Waals surface area (Å²) < 4.78 is 5.48.